The van der Waals surface area contributed by atoms with Gasteiger partial charge in [-0.05, 0) is 29.3 Å². The van der Waals surface area contributed by atoms with E-state index >= 15 is 0 Å². The zero-order valence-electron chi connectivity index (χ0n) is 10.8. The number of hydrogen-bond donors (Lipinski definition) is 0. The highest BCUT2D eigenvalue weighted by Crippen LogP contribution is 2.44. The molecule has 1 nitrogen and oxygen atoms in total. The minimum Gasteiger partial charge on any atom is -0.256 e. The van der Waals surface area contributed by atoms with Gasteiger partial charge in [-0.2, -0.15) is 0 Å². The van der Waals surface area contributed by atoms with Crippen LogP contribution in [0.1, 0.15) is 11.1 Å². The molecule has 0 amide bonds. The van der Waals surface area contributed by atoms with Crippen LogP contribution in [0.4, 0.5) is 0 Å². The molecule has 4 aromatic rings. The van der Waals surface area contributed by atoms with Crippen LogP contribution in [0.25, 0.3) is 31.4 Å². The number of fused-ring (bicyclic) bond motifs is 2. The second-order valence-corrected chi connectivity index (χ2v) is 6.34. The predicted molar refractivity (Wildman–Crippen MR) is 85.4 cm³/mol. The van der Waals surface area contributed by atoms with E-state index in [0.717, 1.165) is 12.1 Å². The van der Waals surface area contributed by atoms with Crippen molar-refractivity contribution in [1.29, 1.82) is 0 Å². The van der Waals surface area contributed by atoms with Crippen molar-refractivity contribution in [3.63, 3.8) is 0 Å². The quantitative estimate of drug-likeness (QED) is 0.386. The van der Waals surface area contributed by atoms with Gasteiger partial charge >= 0.3 is 0 Å². The molecule has 0 saturated carbocycles. The molecule has 2 aromatic carbocycles. The van der Waals surface area contributed by atoms with Gasteiger partial charge in [-0.3, -0.25) is 4.98 Å². The van der Waals surface area contributed by atoms with E-state index in [4.69, 9.17) is 0 Å². The third-order valence-electron chi connectivity index (χ3n) is 4.14. The molecule has 0 N–H and O–H groups in total. The molecule has 2 heterocycles. The van der Waals surface area contributed by atoms with Crippen LogP contribution in [0.5, 0.6) is 0 Å². The minimum absolute atomic E-state index is 0.973. The maximum atomic E-state index is 4.66. The van der Waals surface area contributed by atoms with Crippen molar-refractivity contribution in [2.24, 2.45) is 0 Å². The maximum absolute atomic E-state index is 4.66. The van der Waals surface area contributed by atoms with E-state index in [-0.39, 0.29) is 0 Å². The van der Waals surface area contributed by atoms with E-state index in [0.29, 0.717) is 0 Å². The van der Waals surface area contributed by atoms with Crippen LogP contribution in [-0.2, 0) is 6.42 Å². The summed E-state index contributed by atoms with van der Waals surface area (Å²) in [7, 11) is 0. The van der Waals surface area contributed by atoms with Gasteiger partial charge in [0.15, 0.2) is 0 Å². The van der Waals surface area contributed by atoms with Crippen LogP contribution in [0.3, 0.4) is 0 Å². The van der Waals surface area contributed by atoms with Crippen molar-refractivity contribution in [2.75, 3.05) is 0 Å². The van der Waals surface area contributed by atoms with Crippen molar-refractivity contribution in [2.45, 2.75) is 6.42 Å². The SMILES string of the molecule is c1cnc2c(c1)Cc1cccc3sc4cccc-2c4c13. The highest BCUT2D eigenvalue weighted by Gasteiger charge is 2.20. The summed E-state index contributed by atoms with van der Waals surface area (Å²) in [6, 6.07) is 17.5. The molecule has 0 atom stereocenters. The molecule has 20 heavy (non-hydrogen) atoms. The average Bonchev–Trinajstić information content (AvgIpc) is 2.79. The molecule has 0 radical (unpaired) electrons. The van der Waals surface area contributed by atoms with E-state index in [1.54, 1.807) is 0 Å². The normalized spacial score (nSPS) is 12.8. The zero-order valence-corrected chi connectivity index (χ0v) is 11.6. The molecule has 0 bridgehead atoms. The topological polar surface area (TPSA) is 12.9 Å². The van der Waals surface area contributed by atoms with Gasteiger partial charge in [0.2, 0.25) is 0 Å². The van der Waals surface area contributed by atoms with Crippen molar-refractivity contribution >= 4 is 31.5 Å². The molecule has 0 fully saturated rings. The molecular formula is C18H11NS. The summed E-state index contributed by atoms with van der Waals surface area (Å²) in [6.07, 6.45) is 2.87. The highest BCUT2D eigenvalue weighted by molar-refractivity contribution is 7.26. The van der Waals surface area contributed by atoms with Crippen LogP contribution < -0.4 is 0 Å². The van der Waals surface area contributed by atoms with Gasteiger partial charge in [0, 0.05) is 38.4 Å². The Morgan fingerprint density at radius 2 is 1.60 bits per heavy atom. The van der Waals surface area contributed by atoms with Crippen LogP contribution >= 0.6 is 11.3 Å². The van der Waals surface area contributed by atoms with Crippen LogP contribution in [0.15, 0.2) is 54.7 Å². The van der Waals surface area contributed by atoms with Crippen molar-refractivity contribution in [3.05, 3.63) is 65.9 Å². The lowest BCUT2D eigenvalue weighted by molar-refractivity contribution is 1.17. The fourth-order valence-electron chi connectivity index (χ4n) is 3.31. The molecule has 94 valence electrons. The molecule has 0 spiro atoms. The first-order valence-corrected chi connectivity index (χ1v) is 7.61. The fraction of sp³-hybridized carbons (Fsp3) is 0.0556. The third-order valence-corrected chi connectivity index (χ3v) is 5.26. The second-order valence-electron chi connectivity index (χ2n) is 5.26. The monoisotopic (exact) mass is 273 g/mol. The lowest BCUT2D eigenvalue weighted by atomic mass is 10.0. The summed E-state index contributed by atoms with van der Waals surface area (Å²) in [5, 5.41) is 2.82. The smallest absolute Gasteiger partial charge is 0.0744 e. The van der Waals surface area contributed by atoms with Crippen molar-refractivity contribution in [3.8, 4) is 11.3 Å². The van der Waals surface area contributed by atoms with Gasteiger partial charge in [0.05, 0.1) is 5.69 Å². The first kappa shape index (κ1) is 10.6. The summed E-state index contributed by atoms with van der Waals surface area (Å²) in [4.78, 5) is 4.66. The molecule has 5 rings (SSSR count). The fourth-order valence-corrected chi connectivity index (χ4v) is 4.49. The number of nitrogens with zero attached hydrogens (tertiary/aromatic N) is 1. The number of rotatable bonds is 0. The molecule has 2 aromatic heterocycles. The number of hydrogen-bond acceptors (Lipinski definition) is 2. The van der Waals surface area contributed by atoms with E-state index < -0.39 is 0 Å². The standard InChI is InChI=1S/C18H11NS/c1-4-11-10-12-5-3-9-19-18(12)13-6-2-8-15-17(13)16(11)14(7-1)20-15/h1-9H,10H2. The van der Waals surface area contributed by atoms with E-state index in [9.17, 15) is 0 Å². The maximum Gasteiger partial charge on any atom is 0.0744 e. The minimum atomic E-state index is 0.973. The van der Waals surface area contributed by atoms with Gasteiger partial charge in [-0.15, -0.1) is 11.3 Å². The van der Waals surface area contributed by atoms with Gasteiger partial charge in [-0.1, -0.05) is 30.3 Å². The lowest BCUT2D eigenvalue weighted by Gasteiger charge is -2.06. The largest absolute Gasteiger partial charge is 0.256 e. The van der Waals surface area contributed by atoms with Crippen molar-refractivity contribution < 1.29 is 0 Å². The van der Waals surface area contributed by atoms with E-state index in [1.807, 2.05) is 23.6 Å². The summed E-state index contributed by atoms with van der Waals surface area (Å²) in [6.45, 7) is 0. The van der Waals surface area contributed by atoms with Crippen molar-refractivity contribution in [1.82, 2.24) is 4.98 Å². The summed E-state index contributed by atoms with van der Waals surface area (Å²) >= 11 is 1.89. The van der Waals surface area contributed by atoms with Gasteiger partial charge < -0.3 is 0 Å². The van der Waals surface area contributed by atoms with E-state index in [2.05, 4.69) is 47.4 Å². The molecule has 0 aliphatic heterocycles. The molecule has 1 aliphatic rings. The Labute approximate surface area is 120 Å². The Kier molecular flexibility index (Phi) is 1.94. The zero-order chi connectivity index (χ0) is 13.1. The third kappa shape index (κ3) is 1.24. The molecule has 0 unspecified atom stereocenters. The Balaban J connectivity index is 2.11. The first-order valence-electron chi connectivity index (χ1n) is 6.79. The highest BCUT2D eigenvalue weighted by atomic mass is 32.1. The van der Waals surface area contributed by atoms with Gasteiger partial charge in [-0.25, -0.2) is 0 Å². The second kappa shape index (κ2) is 3.68. The number of benzene rings is 2. The van der Waals surface area contributed by atoms with Gasteiger partial charge in [0.1, 0.15) is 0 Å². The number of pyridine rings is 1. The summed E-state index contributed by atoms with van der Waals surface area (Å²) in [5.41, 5.74) is 5.19. The average molecular weight is 273 g/mol. The number of thiophene rings is 1. The van der Waals surface area contributed by atoms with Crippen LogP contribution in [-0.4, -0.2) is 4.98 Å². The Bertz CT molecular complexity index is 981. The Morgan fingerprint density at radius 3 is 2.55 bits per heavy atom. The first-order chi connectivity index (χ1) is 9.92. The Morgan fingerprint density at radius 1 is 0.800 bits per heavy atom. The molecular weight excluding hydrogens is 262 g/mol. The molecule has 0 saturated heterocycles. The Hall–Kier alpha value is -2.19. The van der Waals surface area contributed by atoms with Crippen LogP contribution in [0, 0.1) is 0 Å². The molecule has 2 heteroatoms. The molecule has 1 aliphatic carbocycles. The lowest BCUT2D eigenvalue weighted by Crippen LogP contribution is -1.92. The van der Waals surface area contributed by atoms with E-state index in [1.165, 1.54) is 36.9 Å². The van der Waals surface area contributed by atoms with Crippen LogP contribution in [0.2, 0.25) is 0 Å². The van der Waals surface area contributed by atoms with Gasteiger partial charge in [0.25, 0.3) is 0 Å². The summed E-state index contributed by atoms with van der Waals surface area (Å²) < 4.78 is 2.75. The predicted octanol–water partition coefficient (Wildman–Crippen LogP) is 5.02. The number of aromatic nitrogens is 1. The summed E-state index contributed by atoms with van der Waals surface area (Å²) in [5.74, 6) is 0.